The van der Waals surface area contributed by atoms with E-state index in [1.54, 1.807) is 19.1 Å². The number of rotatable bonds is 1. The number of benzene rings is 1. The molecule has 1 radical (unpaired) electrons. The summed E-state index contributed by atoms with van der Waals surface area (Å²) in [5.41, 5.74) is 3.39. The van der Waals surface area contributed by atoms with Gasteiger partial charge in [-0.2, -0.15) is 13.0 Å². The van der Waals surface area contributed by atoms with E-state index in [0.717, 1.165) is 16.8 Å². The van der Waals surface area contributed by atoms with Crippen LogP contribution in [0.5, 0.6) is 0 Å². The van der Waals surface area contributed by atoms with Crippen LogP contribution in [-0.4, -0.2) is 0 Å². The Morgan fingerprint density at radius 3 is 2.53 bits per heavy atom. The maximum absolute atomic E-state index is 7.41. The van der Waals surface area contributed by atoms with Crippen LogP contribution in [0, 0.1) is 75.9 Å². The first-order valence-corrected chi connectivity index (χ1v) is 5.57. The van der Waals surface area contributed by atoms with Crippen LogP contribution < -0.4 is 4.57 Å². The van der Waals surface area contributed by atoms with Crippen LogP contribution >= 0.6 is 0 Å². The molecular formula is C17H23CeN+. The Bertz CT molecular complexity index is 580. The molecule has 1 heterocycles. The average molecular weight is 385 g/mol. The van der Waals surface area contributed by atoms with Gasteiger partial charge in [0.2, 0.25) is 0 Å². The van der Waals surface area contributed by atoms with Gasteiger partial charge >= 0.3 is 41.7 Å². The van der Waals surface area contributed by atoms with Crippen LogP contribution in [0.1, 0.15) is 22.2 Å². The maximum Gasteiger partial charge on any atom is 3.00 e. The largest absolute Gasteiger partial charge is 3.00 e. The summed E-state index contributed by atoms with van der Waals surface area (Å²) in [5, 5.41) is 0. The summed E-state index contributed by atoms with van der Waals surface area (Å²) in [4.78, 5) is 0. The van der Waals surface area contributed by atoms with Crippen molar-refractivity contribution in [2.75, 3.05) is 0 Å². The Morgan fingerprint density at radius 1 is 1.32 bits per heavy atom. The van der Waals surface area contributed by atoms with Crippen molar-refractivity contribution < 1.29 is 50.4 Å². The average Bonchev–Trinajstić information content (AvgIpc) is 2.41. The number of aromatic nitrogens is 1. The van der Waals surface area contributed by atoms with Crippen LogP contribution in [-0.2, 0) is 7.05 Å². The second kappa shape index (κ2) is 10.5. The molecule has 1 aromatic heterocycles. The van der Waals surface area contributed by atoms with E-state index in [4.69, 9.17) is 4.11 Å². The van der Waals surface area contributed by atoms with Crippen LogP contribution in [0.4, 0.5) is 0 Å². The van der Waals surface area contributed by atoms with E-state index < -0.39 is 6.85 Å². The summed E-state index contributed by atoms with van der Waals surface area (Å²) in [7, 11) is 1.96. The van der Waals surface area contributed by atoms with E-state index in [9.17, 15) is 0 Å². The molecule has 0 bridgehead atoms. The van der Waals surface area contributed by atoms with Gasteiger partial charge in [-0.3, -0.25) is 0 Å². The predicted octanol–water partition coefficient (Wildman–Crippen LogP) is 3.89. The van der Waals surface area contributed by atoms with Gasteiger partial charge < -0.3 is 18.9 Å². The number of pyridine rings is 1. The van der Waals surface area contributed by atoms with Crippen molar-refractivity contribution in [3.8, 4) is 11.3 Å². The minimum absolute atomic E-state index is 0. The summed E-state index contributed by atoms with van der Waals surface area (Å²) in [5.74, 6) is 0. The smallest absolute Gasteiger partial charge is 0.358 e. The van der Waals surface area contributed by atoms with Gasteiger partial charge in [-0.1, -0.05) is 23.8 Å². The standard InChI is InChI=1S/C14H15N.C2H5.CH3.Ce/c1-11-7-8-13(12(2)10-11)14-6-4-5-9-15(14)3;1-2;;/h5-10H,1-3H3;1H2,2H3;1H3;/q;2*-1;+3/i1D3;;;. The molecule has 0 aliphatic rings. The van der Waals surface area contributed by atoms with Gasteiger partial charge in [-0.25, -0.2) is 0 Å². The van der Waals surface area contributed by atoms with Crippen molar-refractivity contribution in [1.29, 1.82) is 0 Å². The molecule has 19 heavy (non-hydrogen) atoms. The van der Waals surface area contributed by atoms with E-state index >= 15 is 0 Å². The fraction of sp³-hybridized carbons (Fsp3) is 0.235. The molecule has 1 aromatic carbocycles. The fourth-order valence-corrected chi connectivity index (χ4v) is 1.68. The molecule has 0 N–H and O–H groups in total. The molecular weight excluding hydrogens is 358 g/mol. The van der Waals surface area contributed by atoms with E-state index in [1.165, 1.54) is 0 Å². The van der Waals surface area contributed by atoms with Crippen LogP contribution in [0.25, 0.3) is 11.3 Å². The second-order valence-electron chi connectivity index (χ2n) is 3.65. The molecule has 0 aliphatic carbocycles. The van der Waals surface area contributed by atoms with E-state index in [-0.39, 0.29) is 49.2 Å². The number of nitrogens with zero attached hydrogens (tertiary/aromatic N) is 1. The first-order valence-electron chi connectivity index (χ1n) is 7.07. The molecule has 2 aromatic rings. The molecule has 0 saturated carbocycles. The van der Waals surface area contributed by atoms with Gasteiger partial charge in [0, 0.05) is 4.11 Å². The number of hydrogen-bond acceptors (Lipinski definition) is 0. The van der Waals surface area contributed by atoms with E-state index in [2.05, 4.69) is 13.0 Å². The normalized spacial score (nSPS) is 11.5. The summed E-state index contributed by atoms with van der Waals surface area (Å²) < 4.78 is 24.2. The third kappa shape index (κ3) is 5.72. The summed E-state index contributed by atoms with van der Waals surface area (Å²) in [6.07, 6.45) is 1.92. The third-order valence-corrected chi connectivity index (χ3v) is 2.50. The van der Waals surface area contributed by atoms with Gasteiger partial charge in [-0.05, 0) is 24.9 Å². The molecule has 0 saturated heterocycles. The fourth-order valence-electron chi connectivity index (χ4n) is 1.68. The second-order valence-corrected chi connectivity index (χ2v) is 3.65. The number of aryl methyl sites for hydroxylation is 3. The topological polar surface area (TPSA) is 3.88 Å². The molecule has 0 amide bonds. The minimum Gasteiger partial charge on any atom is -0.358 e. The first kappa shape index (κ1) is 15.1. The van der Waals surface area contributed by atoms with Crippen LogP contribution in [0.2, 0.25) is 0 Å². The summed E-state index contributed by atoms with van der Waals surface area (Å²) in [6.45, 7) is 4.88. The molecule has 2 rings (SSSR count). The van der Waals surface area contributed by atoms with Crippen molar-refractivity contribution in [3.05, 3.63) is 68.1 Å². The molecule has 0 fully saturated rings. The molecule has 1 nitrogen and oxygen atoms in total. The van der Waals surface area contributed by atoms with Crippen LogP contribution in [0.15, 0.2) is 36.5 Å². The first-order chi connectivity index (χ1) is 9.39. The molecule has 0 spiro atoms. The molecule has 0 unspecified atom stereocenters. The van der Waals surface area contributed by atoms with Gasteiger partial charge in [-0.15, -0.1) is 12.1 Å². The van der Waals surface area contributed by atoms with Gasteiger partial charge in [0.05, 0.1) is 6.20 Å². The van der Waals surface area contributed by atoms with Crippen molar-refractivity contribution in [1.82, 2.24) is 0 Å². The SMILES string of the molecule is [2H]C([2H])([2H])c1ccc(-c2c[c-]cc[n+]2C)c(C)c1.[CH2-]C.[CH3-].[Ce+3]. The Balaban J connectivity index is 0. The van der Waals surface area contributed by atoms with Crippen molar-refractivity contribution in [2.45, 2.75) is 20.7 Å². The van der Waals surface area contributed by atoms with Crippen LogP contribution in [0.3, 0.4) is 0 Å². The zero-order chi connectivity index (χ0) is 15.3. The minimum atomic E-state index is -2.05. The molecule has 0 atom stereocenters. The quantitative estimate of drug-likeness (QED) is 0.519. The summed E-state index contributed by atoms with van der Waals surface area (Å²) in [6, 6.07) is 12.0. The van der Waals surface area contributed by atoms with Gasteiger partial charge in [0.1, 0.15) is 12.7 Å². The zero-order valence-corrected chi connectivity index (χ0v) is 15.3. The molecule has 2 heteroatoms. The summed E-state index contributed by atoms with van der Waals surface area (Å²) >= 11 is 0. The van der Waals surface area contributed by atoms with Crippen molar-refractivity contribution in [3.63, 3.8) is 0 Å². The maximum atomic E-state index is 7.41. The van der Waals surface area contributed by atoms with Crippen molar-refractivity contribution >= 4 is 0 Å². The van der Waals surface area contributed by atoms with Crippen molar-refractivity contribution in [2.24, 2.45) is 7.05 Å². The monoisotopic (exact) mass is 384 g/mol. The Labute approximate surface area is 156 Å². The zero-order valence-electron chi connectivity index (χ0n) is 15.1. The van der Waals surface area contributed by atoms with E-state index in [0.29, 0.717) is 5.56 Å². The predicted molar refractivity (Wildman–Crippen MR) is 78.8 cm³/mol. The van der Waals surface area contributed by atoms with Gasteiger partial charge in [0.25, 0.3) is 0 Å². The Morgan fingerprint density at radius 2 is 2.00 bits per heavy atom. The Kier molecular flexibility index (Phi) is 8.39. The third-order valence-electron chi connectivity index (χ3n) is 2.50. The molecule has 99 valence electrons. The van der Waals surface area contributed by atoms with E-state index in [1.807, 2.05) is 42.9 Å². The van der Waals surface area contributed by atoms with Gasteiger partial charge in [0.15, 0.2) is 0 Å². The number of hydrogen-bond donors (Lipinski definition) is 0. The Hall–Kier alpha value is -0.253. The molecule has 0 aliphatic heterocycles.